The second-order valence-electron chi connectivity index (χ2n) is 8.10. The van der Waals surface area contributed by atoms with Gasteiger partial charge in [-0.2, -0.15) is 0 Å². The number of halogens is 9. The van der Waals surface area contributed by atoms with Crippen molar-refractivity contribution in [1.29, 1.82) is 0 Å². The van der Waals surface area contributed by atoms with E-state index < -0.39 is 91.5 Å². The third kappa shape index (κ3) is 4.02. The summed E-state index contributed by atoms with van der Waals surface area (Å²) in [5.41, 5.74) is -6.08. The smallest absolute Gasteiger partial charge is 0.200 e. The van der Waals surface area contributed by atoms with Crippen molar-refractivity contribution in [3.8, 4) is 28.0 Å². The van der Waals surface area contributed by atoms with E-state index in [1.54, 1.807) is 0 Å². The van der Waals surface area contributed by atoms with Crippen molar-refractivity contribution in [2.45, 2.75) is 33.3 Å². The normalized spacial score (nSPS) is 11.8. The molecule has 0 aliphatic rings. The molecule has 0 saturated heterocycles. The van der Waals surface area contributed by atoms with Gasteiger partial charge in [0.15, 0.2) is 40.7 Å². The molecule has 0 atom stereocenters. The average Bonchev–Trinajstić information content (AvgIpc) is 2.74. The molecule has 0 heterocycles. The number of benzene rings is 3. The van der Waals surface area contributed by atoms with Gasteiger partial charge in [0.2, 0.25) is 5.82 Å². The summed E-state index contributed by atoms with van der Waals surface area (Å²) in [5, 5.41) is 0. The Morgan fingerprint density at radius 1 is 0.545 bits per heavy atom. The van der Waals surface area contributed by atoms with Crippen LogP contribution in [-0.4, -0.2) is 5.60 Å². The SMILES string of the molecule is Cc1c(F)c(F)c(F)c(-c2cccc(-c3c(F)c(F)c(F)c(F)c3F)c2OC(C)(C)C)c1F. The maximum absolute atomic E-state index is 14.9. The lowest BCUT2D eigenvalue weighted by Gasteiger charge is -2.26. The molecule has 176 valence electrons. The summed E-state index contributed by atoms with van der Waals surface area (Å²) in [7, 11) is 0. The Kier molecular flexibility index (Phi) is 6.16. The zero-order valence-electron chi connectivity index (χ0n) is 17.5. The van der Waals surface area contributed by atoms with Crippen molar-refractivity contribution < 1.29 is 44.3 Å². The van der Waals surface area contributed by atoms with Crippen LogP contribution in [0.2, 0.25) is 0 Å². The summed E-state index contributed by atoms with van der Waals surface area (Å²) in [6, 6.07) is 2.84. The highest BCUT2D eigenvalue weighted by Crippen LogP contribution is 2.45. The molecule has 3 aromatic carbocycles. The van der Waals surface area contributed by atoms with Gasteiger partial charge < -0.3 is 4.74 Å². The molecule has 0 fully saturated rings. The third-order valence-electron chi connectivity index (χ3n) is 4.65. The number of para-hydroxylation sites is 1. The first-order chi connectivity index (χ1) is 15.2. The van der Waals surface area contributed by atoms with Gasteiger partial charge in [-0.1, -0.05) is 18.2 Å². The summed E-state index contributed by atoms with van der Waals surface area (Å²) < 4.78 is 133. The monoisotopic (exact) mass is 478 g/mol. The molecule has 0 spiro atoms. The van der Waals surface area contributed by atoms with Crippen LogP contribution in [0.4, 0.5) is 39.5 Å². The molecule has 33 heavy (non-hydrogen) atoms. The minimum Gasteiger partial charge on any atom is -0.487 e. The molecule has 0 unspecified atom stereocenters. The molecule has 3 rings (SSSR count). The maximum atomic E-state index is 14.9. The van der Waals surface area contributed by atoms with Gasteiger partial charge in [0, 0.05) is 16.7 Å². The Balaban J connectivity index is 2.51. The van der Waals surface area contributed by atoms with Crippen molar-refractivity contribution in [1.82, 2.24) is 0 Å². The van der Waals surface area contributed by atoms with Crippen LogP contribution >= 0.6 is 0 Å². The predicted octanol–water partition coefficient (Wildman–Crippen LogP) is 7.76. The molecule has 1 nitrogen and oxygen atoms in total. The van der Waals surface area contributed by atoms with Gasteiger partial charge in [-0.3, -0.25) is 0 Å². The van der Waals surface area contributed by atoms with Crippen molar-refractivity contribution in [2.75, 3.05) is 0 Å². The number of ether oxygens (including phenoxy) is 1. The van der Waals surface area contributed by atoms with Crippen molar-refractivity contribution in [3.63, 3.8) is 0 Å². The van der Waals surface area contributed by atoms with Crippen LogP contribution in [0.1, 0.15) is 26.3 Å². The van der Waals surface area contributed by atoms with E-state index in [0.717, 1.165) is 25.1 Å². The maximum Gasteiger partial charge on any atom is 0.200 e. The van der Waals surface area contributed by atoms with E-state index in [1.165, 1.54) is 20.8 Å². The number of rotatable bonds is 3. The summed E-state index contributed by atoms with van der Waals surface area (Å²) in [6.07, 6.45) is 0. The first-order valence-electron chi connectivity index (χ1n) is 9.35. The Labute approximate surface area is 182 Å². The Morgan fingerprint density at radius 2 is 0.909 bits per heavy atom. The lowest BCUT2D eigenvalue weighted by molar-refractivity contribution is 0.132. The number of hydrogen-bond acceptors (Lipinski definition) is 1. The van der Waals surface area contributed by atoms with Gasteiger partial charge in [0.25, 0.3) is 0 Å². The van der Waals surface area contributed by atoms with Gasteiger partial charge in [0.05, 0.1) is 11.1 Å². The van der Waals surface area contributed by atoms with Crippen LogP contribution in [-0.2, 0) is 0 Å². The molecule has 0 aromatic heterocycles. The summed E-state index contributed by atoms with van der Waals surface area (Å²) in [5.74, 6) is -19.4. The minimum atomic E-state index is -2.41. The van der Waals surface area contributed by atoms with E-state index in [4.69, 9.17) is 4.74 Å². The van der Waals surface area contributed by atoms with Crippen LogP contribution < -0.4 is 4.74 Å². The lowest BCUT2D eigenvalue weighted by atomic mass is 9.94. The number of hydrogen-bond donors (Lipinski definition) is 0. The molecule has 3 aromatic rings. The van der Waals surface area contributed by atoms with Gasteiger partial charge in [-0.05, 0) is 27.7 Å². The molecule has 0 aliphatic carbocycles. The Bertz CT molecular complexity index is 1130. The predicted molar refractivity (Wildman–Crippen MR) is 102 cm³/mol. The van der Waals surface area contributed by atoms with Crippen LogP contribution in [0.25, 0.3) is 22.3 Å². The van der Waals surface area contributed by atoms with E-state index in [9.17, 15) is 39.5 Å². The van der Waals surface area contributed by atoms with E-state index in [0.29, 0.717) is 0 Å². The first kappa shape index (κ1) is 24.5. The zero-order valence-corrected chi connectivity index (χ0v) is 17.5. The molecule has 10 heteroatoms. The molecule has 0 N–H and O–H groups in total. The Hall–Kier alpha value is -3.17. The van der Waals surface area contributed by atoms with Crippen LogP contribution in [0.15, 0.2) is 18.2 Å². The average molecular weight is 478 g/mol. The van der Waals surface area contributed by atoms with Crippen LogP contribution in [0.5, 0.6) is 5.75 Å². The van der Waals surface area contributed by atoms with Crippen LogP contribution in [0, 0.1) is 59.3 Å². The van der Waals surface area contributed by atoms with Gasteiger partial charge in [0.1, 0.15) is 17.2 Å². The second kappa shape index (κ2) is 8.31. The lowest BCUT2D eigenvalue weighted by Crippen LogP contribution is -2.24. The first-order valence-corrected chi connectivity index (χ1v) is 9.35. The summed E-state index contributed by atoms with van der Waals surface area (Å²) >= 11 is 0. The third-order valence-corrected chi connectivity index (χ3v) is 4.65. The van der Waals surface area contributed by atoms with Gasteiger partial charge in [-0.25, -0.2) is 39.5 Å². The molecule has 0 bridgehead atoms. The fourth-order valence-electron chi connectivity index (χ4n) is 3.18. The molecule has 0 radical (unpaired) electrons. The van der Waals surface area contributed by atoms with Crippen molar-refractivity contribution in [2.24, 2.45) is 0 Å². The van der Waals surface area contributed by atoms with E-state index >= 15 is 0 Å². The topological polar surface area (TPSA) is 9.23 Å². The molecule has 0 aliphatic heterocycles. The zero-order chi connectivity index (χ0) is 25.0. The second-order valence-corrected chi connectivity index (χ2v) is 8.10. The van der Waals surface area contributed by atoms with E-state index in [-0.39, 0.29) is 0 Å². The highest BCUT2D eigenvalue weighted by atomic mass is 19.2. The van der Waals surface area contributed by atoms with E-state index in [2.05, 4.69) is 0 Å². The molecular weight excluding hydrogens is 463 g/mol. The van der Waals surface area contributed by atoms with Crippen LogP contribution in [0.3, 0.4) is 0 Å². The standard InChI is InChI=1S/C23H15F9O/c1-8-13(24)11(15(26)18(29)14(8)25)9-6-5-7-10(22(9)33-23(2,3)4)12-16(27)19(30)21(32)20(31)17(12)28/h5-7H,1-4H3. The molecule has 0 amide bonds. The van der Waals surface area contributed by atoms with E-state index in [1.807, 2.05) is 0 Å². The minimum absolute atomic E-state index is 0.636. The summed E-state index contributed by atoms with van der Waals surface area (Å²) in [6.45, 7) is 5.11. The largest absolute Gasteiger partial charge is 0.487 e. The Morgan fingerprint density at radius 3 is 1.33 bits per heavy atom. The molecule has 0 saturated carbocycles. The molecular formula is C23H15F9O. The summed E-state index contributed by atoms with van der Waals surface area (Å²) in [4.78, 5) is 0. The van der Waals surface area contributed by atoms with Crippen molar-refractivity contribution in [3.05, 3.63) is 76.1 Å². The fourth-order valence-corrected chi connectivity index (χ4v) is 3.18. The van der Waals surface area contributed by atoms with Gasteiger partial charge >= 0.3 is 0 Å². The fraction of sp³-hybridized carbons (Fsp3) is 0.217. The highest BCUT2D eigenvalue weighted by molar-refractivity contribution is 5.84. The quantitative estimate of drug-likeness (QED) is 0.212. The highest BCUT2D eigenvalue weighted by Gasteiger charge is 2.32. The van der Waals surface area contributed by atoms with Crippen molar-refractivity contribution >= 4 is 0 Å². The van der Waals surface area contributed by atoms with Gasteiger partial charge in [-0.15, -0.1) is 0 Å².